The van der Waals surface area contributed by atoms with Crippen LogP contribution in [-0.2, 0) is 32.2 Å². The number of ether oxygens (including phenoxy) is 4. The Balaban J connectivity index is 1.47. The molecule has 2 aliphatic heterocycles. The smallest absolute Gasteiger partial charge is 0.410 e. The second-order valence-electron chi connectivity index (χ2n) is 9.96. The lowest BCUT2D eigenvalue weighted by Gasteiger charge is -2.28. The second-order valence-corrected chi connectivity index (χ2v) is 9.96. The van der Waals surface area contributed by atoms with Gasteiger partial charge in [-0.2, -0.15) is 0 Å². The summed E-state index contributed by atoms with van der Waals surface area (Å²) in [4.78, 5) is 43.2. The van der Waals surface area contributed by atoms with Crippen molar-refractivity contribution < 1.29 is 33.3 Å². The number of carbonyl (C=O) groups excluding carboxylic acids is 3. The quantitative estimate of drug-likeness (QED) is 0.579. The van der Waals surface area contributed by atoms with Crippen LogP contribution in [0.5, 0.6) is 5.75 Å². The van der Waals surface area contributed by atoms with Gasteiger partial charge in [0.25, 0.3) is 5.91 Å². The highest BCUT2D eigenvalue weighted by Gasteiger charge is 2.34. The molecule has 0 spiro atoms. The van der Waals surface area contributed by atoms with Gasteiger partial charge in [-0.25, -0.2) is 14.6 Å². The molecule has 4 rings (SSSR count). The van der Waals surface area contributed by atoms with Gasteiger partial charge >= 0.3 is 12.2 Å². The molecule has 0 saturated carbocycles. The number of alkyl carbamates (subject to hydrolysis) is 1. The summed E-state index contributed by atoms with van der Waals surface area (Å²) in [5.41, 5.74) is 0.761. The summed E-state index contributed by atoms with van der Waals surface area (Å²) in [6.07, 6.45) is -1.08. The fourth-order valence-electron chi connectivity index (χ4n) is 3.98. The van der Waals surface area contributed by atoms with Gasteiger partial charge in [-0.3, -0.25) is 4.79 Å². The molecule has 1 saturated heterocycles. The molecule has 3 heterocycles. The number of carbonyl (C=O) groups is 3. The number of benzene rings is 1. The molecular formula is C26H32N4O7. The van der Waals surface area contributed by atoms with Crippen LogP contribution in [0.25, 0.3) is 0 Å². The van der Waals surface area contributed by atoms with Gasteiger partial charge in [-0.1, -0.05) is 30.3 Å². The number of hydrogen-bond acceptors (Lipinski definition) is 8. The third-order valence-electron chi connectivity index (χ3n) is 5.70. The van der Waals surface area contributed by atoms with Gasteiger partial charge in [0.05, 0.1) is 31.5 Å². The number of nitrogens with zero attached hydrogens (tertiary/aromatic N) is 2. The minimum atomic E-state index is -0.635. The largest absolute Gasteiger partial charge is 0.480 e. The lowest BCUT2D eigenvalue weighted by atomic mass is 10.0. The van der Waals surface area contributed by atoms with Crippen LogP contribution in [0.4, 0.5) is 15.4 Å². The Kier molecular flexibility index (Phi) is 8.12. The van der Waals surface area contributed by atoms with Gasteiger partial charge in [-0.15, -0.1) is 0 Å². The van der Waals surface area contributed by atoms with Crippen LogP contribution in [-0.4, -0.2) is 66.0 Å². The second kappa shape index (κ2) is 11.5. The Hall–Kier alpha value is -3.86. The van der Waals surface area contributed by atoms with E-state index in [2.05, 4.69) is 15.6 Å². The lowest BCUT2D eigenvalue weighted by Crippen LogP contribution is -2.47. The van der Waals surface area contributed by atoms with Crippen LogP contribution >= 0.6 is 0 Å². The summed E-state index contributed by atoms with van der Waals surface area (Å²) in [6.45, 7) is 6.43. The minimum Gasteiger partial charge on any atom is -0.480 e. The highest BCUT2D eigenvalue weighted by molar-refractivity contribution is 5.94. The van der Waals surface area contributed by atoms with Crippen molar-refractivity contribution in [3.63, 3.8) is 0 Å². The van der Waals surface area contributed by atoms with Crippen LogP contribution < -0.4 is 15.4 Å². The van der Waals surface area contributed by atoms with Crippen molar-refractivity contribution in [1.82, 2.24) is 15.2 Å². The molecule has 0 bridgehead atoms. The minimum absolute atomic E-state index is 0.0698. The molecule has 1 fully saturated rings. The molecule has 11 nitrogen and oxygen atoms in total. The molecule has 11 heteroatoms. The van der Waals surface area contributed by atoms with Crippen molar-refractivity contribution in [2.24, 2.45) is 5.92 Å². The summed E-state index contributed by atoms with van der Waals surface area (Å²) < 4.78 is 22.0. The Bertz CT molecular complexity index is 1120. The van der Waals surface area contributed by atoms with E-state index in [-0.39, 0.29) is 44.2 Å². The molecule has 1 aromatic heterocycles. The number of pyridine rings is 1. The average molecular weight is 513 g/mol. The molecule has 198 valence electrons. The van der Waals surface area contributed by atoms with Crippen LogP contribution in [0.1, 0.15) is 32.0 Å². The van der Waals surface area contributed by atoms with Gasteiger partial charge < -0.3 is 34.5 Å². The molecule has 0 unspecified atom stereocenters. The van der Waals surface area contributed by atoms with E-state index in [9.17, 15) is 14.4 Å². The molecule has 0 radical (unpaired) electrons. The van der Waals surface area contributed by atoms with E-state index < -0.39 is 17.8 Å². The summed E-state index contributed by atoms with van der Waals surface area (Å²) in [7, 11) is 0. The van der Waals surface area contributed by atoms with Crippen molar-refractivity contribution in [2.45, 2.75) is 45.6 Å². The number of aromatic nitrogens is 1. The Morgan fingerprint density at radius 1 is 1.16 bits per heavy atom. The van der Waals surface area contributed by atoms with Crippen molar-refractivity contribution in [3.8, 4) is 5.75 Å². The number of nitrogens with one attached hydrogen (secondary N) is 2. The number of fused-ring (bicyclic) bond motifs is 1. The fourth-order valence-corrected chi connectivity index (χ4v) is 3.98. The third kappa shape index (κ3) is 7.56. The predicted octanol–water partition coefficient (Wildman–Crippen LogP) is 3.09. The Morgan fingerprint density at radius 3 is 2.70 bits per heavy atom. The average Bonchev–Trinajstić information content (AvgIpc) is 3.27. The highest BCUT2D eigenvalue weighted by Crippen LogP contribution is 2.26. The predicted molar refractivity (Wildman–Crippen MR) is 133 cm³/mol. The molecule has 37 heavy (non-hydrogen) atoms. The van der Waals surface area contributed by atoms with E-state index in [1.54, 1.807) is 32.9 Å². The Labute approximate surface area is 215 Å². The maximum Gasteiger partial charge on any atom is 0.410 e. The highest BCUT2D eigenvalue weighted by atomic mass is 16.6. The zero-order valence-electron chi connectivity index (χ0n) is 21.2. The van der Waals surface area contributed by atoms with Gasteiger partial charge in [0, 0.05) is 12.5 Å². The monoisotopic (exact) mass is 512 g/mol. The zero-order valence-corrected chi connectivity index (χ0v) is 21.2. The van der Waals surface area contributed by atoms with Crippen molar-refractivity contribution >= 4 is 23.9 Å². The standard InChI is InChI=1S/C26H32N4O7/c1-26(2,3)37-24(32)28-20-15-34-14-18(20)11-30(25(33)36-13-17-7-5-4-6-8-17)12-19-9-10-21-23(27-19)29-22(31)16-35-21/h4-10,18,20H,11-16H2,1-3H3,(H,28,32)(H,27,29,31)/t18-,20-/m0/s1. The first kappa shape index (κ1) is 26.2. The third-order valence-corrected chi connectivity index (χ3v) is 5.70. The maximum absolute atomic E-state index is 13.2. The van der Waals surface area contributed by atoms with Crippen LogP contribution in [0.3, 0.4) is 0 Å². The normalized spacial score (nSPS) is 18.7. The molecule has 2 aromatic rings. The van der Waals surface area contributed by atoms with Gasteiger partial charge in [-0.05, 0) is 38.5 Å². The molecule has 1 aromatic carbocycles. The lowest BCUT2D eigenvalue weighted by molar-refractivity contribution is -0.118. The van der Waals surface area contributed by atoms with E-state index in [1.807, 2.05) is 30.3 Å². The van der Waals surface area contributed by atoms with E-state index in [1.165, 1.54) is 4.90 Å². The number of amides is 3. The number of anilines is 1. The van der Waals surface area contributed by atoms with Crippen LogP contribution in [0.2, 0.25) is 0 Å². The SMILES string of the molecule is CC(C)(C)OC(=O)N[C@H]1COC[C@@H]1CN(Cc1ccc2c(n1)NC(=O)CO2)C(=O)OCc1ccccc1. The van der Waals surface area contributed by atoms with Crippen molar-refractivity contribution in [1.29, 1.82) is 0 Å². The molecule has 0 aliphatic carbocycles. The summed E-state index contributed by atoms with van der Waals surface area (Å²) in [5, 5.41) is 5.53. The summed E-state index contributed by atoms with van der Waals surface area (Å²) in [5.74, 6) is 0.278. The van der Waals surface area contributed by atoms with Crippen LogP contribution in [0, 0.1) is 5.92 Å². The summed E-state index contributed by atoms with van der Waals surface area (Å²) in [6, 6.07) is 12.5. The van der Waals surface area contributed by atoms with E-state index in [4.69, 9.17) is 18.9 Å². The van der Waals surface area contributed by atoms with Gasteiger partial charge in [0.2, 0.25) is 0 Å². The van der Waals surface area contributed by atoms with Gasteiger partial charge in [0.15, 0.2) is 18.2 Å². The number of rotatable bonds is 7. The maximum atomic E-state index is 13.2. The first-order chi connectivity index (χ1) is 17.7. The first-order valence-electron chi connectivity index (χ1n) is 12.1. The van der Waals surface area contributed by atoms with Gasteiger partial charge in [0.1, 0.15) is 12.2 Å². The van der Waals surface area contributed by atoms with Crippen molar-refractivity contribution in [3.05, 3.63) is 53.7 Å². The molecular weight excluding hydrogens is 480 g/mol. The van der Waals surface area contributed by atoms with Crippen molar-refractivity contribution in [2.75, 3.05) is 31.7 Å². The van der Waals surface area contributed by atoms with E-state index in [0.29, 0.717) is 30.5 Å². The fraction of sp³-hybridized carbons (Fsp3) is 0.462. The first-order valence-corrected chi connectivity index (χ1v) is 12.1. The zero-order chi connectivity index (χ0) is 26.4. The van der Waals surface area contributed by atoms with E-state index in [0.717, 1.165) is 5.56 Å². The molecule has 3 amide bonds. The van der Waals surface area contributed by atoms with E-state index >= 15 is 0 Å². The molecule has 2 atom stereocenters. The Morgan fingerprint density at radius 2 is 1.95 bits per heavy atom. The number of hydrogen-bond donors (Lipinski definition) is 2. The molecule has 2 aliphatic rings. The topological polar surface area (TPSA) is 128 Å². The van der Waals surface area contributed by atoms with Crippen LogP contribution in [0.15, 0.2) is 42.5 Å². The molecule has 2 N–H and O–H groups in total. The summed E-state index contributed by atoms with van der Waals surface area (Å²) >= 11 is 0.